The van der Waals surface area contributed by atoms with Gasteiger partial charge in [0.15, 0.2) is 0 Å². The highest BCUT2D eigenvalue weighted by molar-refractivity contribution is 6.69. The molecule has 5 heteroatoms. The molecule has 74 valence electrons. The van der Waals surface area contributed by atoms with Crippen molar-refractivity contribution in [2.24, 2.45) is 16.5 Å². The van der Waals surface area contributed by atoms with Crippen LogP contribution in [0, 0.1) is 0 Å². The molecule has 13 heavy (non-hydrogen) atoms. The molecule has 1 heterocycles. The molecule has 0 aliphatic carbocycles. The average Bonchev–Trinajstić information content (AvgIpc) is 2.18. The van der Waals surface area contributed by atoms with Crippen molar-refractivity contribution in [3.8, 4) is 0 Å². The summed E-state index contributed by atoms with van der Waals surface area (Å²) in [6, 6.07) is 0.222. The number of hydrogen-bond donors (Lipinski definition) is 2. The Bertz CT molecular complexity index is 221. The predicted octanol–water partition coefficient (Wildman–Crippen LogP) is 0.561. The van der Waals surface area contributed by atoms with E-state index in [1.807, 2.05) is 0 Å². The van der Waals surface area contributed by atoms with Crippen molar-refractivity contribution in [3.05, 3.63) is 11.9 Å². The van der Waals surface area contributed by atoms with Crippen LogP contribution in [0.1, 0.15) is 12.8 Å². The number of rotatable bonds is 2. The summed E-state index contributed by atoms with van der Waals surface area (Å²) in [4.78, 5) is 4.24. The number of hydrogen-bond acceptors (Lipinski definition) is 4. The lowest BCUT2D eigenvalue weighted by Gasteiger charge is -2.18. The number of halogens is 1. The standard InChI is InChI=1S/C8H14ClN3O/c9-8(7(11)5-10)12-6-1-3-13-4-2-6/h5-6H,1-4,10-11H2. The van der Waals surface area contributed by atoms with Crippen LogP contribution in [0.25, 0.3) is 0 Å². The summed E-state index contributed by atoms with van der Waals surface area (Å²) in [6.45, 7) is 1.48. The fourth-order valence-corrected chi connectivity index (χ4v) is 1.32. The summed E-state index contributed by atoms with van der Waals surface area (Å²) < 4.78 is 5.19. The number of nitrogens with zero attached hydrogens (tertiary/aromatic N) is 1. The van der Waals surface area contributed by atoms with Crippen molar-refractivity contribution in [2.45, 2.75) is 18.9 Å². The zero-order valence-corrected chi connectivity index (χ0v) is 8.13. The van der Waals surface area contributed by atoms with Crippen LogP contribution in [0.3, 0.4) is 0 Å². The molecule has 4 nitrogen and oxygen atoms in total. The van der Waals surface area contributed by atoms with Crippen LogP contribution in [0.4, 0.5) is 0 Å². The summed E-state index contributed by atoms with van der Waals surface area (Å²) >= 11 is 5.80. The molecule has 0 aromatic rings. The molecule has 4 N–H and O–H groups in total. The minimum Gasteiger partial charge on any atom is -0.403 e. The van der Waals surface area contributed by atoms with E-state index in [9.17, 15) is 0 Å². The Balaban J connectivity index is 2.52. The highest BCUT2D eigenvalue weighted by Gasteiger charge is 2.13. The van der Waals surface area contributed by atoms with Gasteiger partial charge in [0.1, 0.15) is 5.17 Å². The highest BCUT2D eigenvalue weighted by atomic mass is 35.5. The van der Waals surface area contributed by atoms with Gasteiger partial charge in [-0.1, -0.05) is 11.6 Å². The van der Waals surface area contributed by atoms with Crippen molar-refractivity contribution in [1.29, 1.82) is 0 Å². The second-order valence-corrected chi connectivity index (χ2v) is 3.24. The Labute approximate surface area is 82.6 Å². The van der Waals surface area contributed by atoms with Gasteiger partial charge >= 0.3 is 0 Å². The van der Waals surface area contributed by atoms with E-state index < -0.39 is 0 Å². The lowest BCUT2D eigenvalue weighted by atomic mass is 10.1. The van der Waals surface area contributed by atoms with Crippen LogP contribution < -0.4 is 11.5 Å². The minimum absolute atomic E-state index is 0.222. The summed E-state index contributed by atoms with van der Waals surface area (Å²) in [7, 11) is 0. The van der Waals surface area contributed by atoms with Crippen molar-refractivity contribution in [2.75, 3.05) is 13.2 Å². The normalized spacial score (nSPS) is 21.9. The topological polar surface area (TPSA) is 73.6 Å². The molecule has 0 bridgehead atoms. The molecule has 0 unspecified atom stereocenters. The first-order valence-corrected chi connectivity index (χ1v) is 4.60. The van der Waals surface area contributed by atoms with Crippen LogP contribution in [-0.2, 0) is 4.74 Å². The maximum Gasteiger partial charge on any atom is 0.148 e. The van der Waals surface area contributed by atoms with Crippen molar-refractivity contribution in [1.82, 2.24) is 0 Å². The Morgan fingerprint density at radius 3 is 2.62 bits per heavy atom. The fraction of sp³-hybridized carbons (Fsp3) is 0.625. The largest absolute Gasteiger partial charge is 0.403 e. The third-order valence-electron chi connectivity index (χ3n) is 1.90. The molecular weight excluding hydrogens is 190 g/mol. The van der Waals surface area contributed by atoms with E-state index >= 15 is 0 Å². The van der Waals surface area contributed by atoms with E-state index in [0.717, 1.165) is 26.1 Å². The third-order valence-corrected chi connectivity index (χ3v) is 2.22. The smallest absolute Gasteiger partial charge is 0.148 e. The van der Waals surface area contributed by atoms with Crippen LogP contribution in [0.2, 0.25) is 0 Å². The molecule has 0 saturated carbocycles. The number of aliphatic imine (C=N–C) groups is 1. The molecule has 0 atom stereocenters. The van der Waals surface area contributed by atoms with E-state index in [-0.39, 0.29) is 6.04 Å². The maximum atomic E-state index is 5.80. The molecule has 1 fully saturated rings. The fourth-order valence-electron chi connectivity index (χ4n) is 1.12. The lowest BCUT2D eigenvalue weighted by molar-refractivity contribution is 0.0872. The van der Waals surface area contributed by atoms with E-state index in [1.165, 1.54) is 6.20 Å². The van der Waals surface area contributed by atoms with Gasteiger partial charge in [-0.3, -0.25) is 4.99 Å². The Hall–Kier alpha value is -0.740. The van der Waals surface area contributed by atoms with Gasteiger partial charge in [-0.2, -0.15) is 0 Å². The number of nitrogens with two attached hydrogens (primary N) is 2. The van der Waals surface area contributed by atoms with Crippen LogP contribution >= 0.6 is 11.6 Å². The quantitative estimate of drug-likeness (QED) is 0.645. The summed E-state index contributed by atoms with van der Waals surface area (Å²) in [5.41, 5.74) is 11.0. The monoisotopic (exact) mass is 203 g/mol. The zero-order chi connectivity index (χ0) is 9.68. The summed E-state index contributed by atoms with van der Waals surface area (Å²) in [5.74, 6) is 0. The molecular formula is C8H14ClN3O. The van der Waals surface area contributed by atoms with Gasteiger partial charge in [0.05, 0.1) is 11.7 Å². The van der Waals surface area contributed by atoms with E-state index in [2.05, 4.69) is 4.99 Å². The molecule has 1 rings (SSSR count). The molecule has 1 saturated heterocycles. The lowest BCUT2D eigenvalue weighted by Crippen LogP contribution is -2.20. The van der Waals surface area contributed by atoms with Gasteiger partial charge in [-0.15, -0.1) is 0 Å². The van der Waals surface area contributed by atoms with Gasteiger partial charge in [-0.05, 0) is 12.8 Å². The number of allylic oxidation sites excluding steroid dienone is 1. The molecule has 0 aromatic carbocycles. The second kappa shape index (κ2) is 5.09. The third kappa shape index (κ3) is 3.24. The van der Waals surface area contributed by atoms with Gasteiger partial charge in [0.2, 0.25) is 0 Å². The summed E-state index contributed by atoms with van der Waals surface area (Å²) in [5, 5.41) is 0.300. The Morgan fingerprint density at radius 1 is 1.46 bits per heavy atom. The minimum atomic E-state index is 0.222. The van der Waals surface area contributed by atoms with E-state index in [0.29, 0.717) is 10.9 Å². The first kappa shape index (κ1) is 10.3. The van der Waals surface area contributed by atoms with E-state index in [1.54, 1.807) is 0 Å². The first-order chi connectivity index (χ1) is 6.24. The molecule has 0 spiro atoms. The van der Waals surface area contributed by atoms with Crippen LogP contribution in [-0.4, -0.2) is 24.4 Å². The SMILES string of the molecule is NC=C(N)C(Cl)=NC1CCOCC1. The molecule has 1 aliphatic heterocycles. The summed E-state index contributed by atoms with van der Waals surface area (Å²) in [6.07, 6.45) is 3.05. The molecule has 0 amide bonds. The van der Waals surface area contributed by atoms with E-state index in [4.69, 9.17) is 27.8 Å². The zero-order valence-electron chi connectivity index (χ0n) is 7.37. The average molecular weight is 204 g/mol. The molecule has 0 radical (unpaired) electrons. The van der Waals surface area contributed by atoms with Crippen molar-refractivity contribution >= 4 is 16.8 Å². The predicted molar refractivity (Wildman–Crippen MR) is 53.6 cm³/mol. The molecule has 0 aromatic heterocycles. The van der Waals surface area contributed by atoms with Crippen molar-refractivity contribution in [3.63, 3.8) is 0 Å². The van der Waals surface area contributed by atoms with Gasteiger partial charge in [-0.25, -0.2) is 0 Å². The van der Waals surface area contributed by atoms with Gasteiger partial charge < -0.3 is 16.2 Å². The number of ether oxygens (including phenoxy) is 1. The highest BCUT2D eigenvalue weighted by Crippen LogP contribution is 2.12. The first-order valence-electron chi connectivity index (χ1n) is 4.23. The Kier molecular flexibility index (Phi) is 4.05. The molecule has 1 aliphatic rings. The van der Waals surface area contributed by atoms with Gasteiger partial charge in [0.25, 0.3) is 0 Å². The Morgan fingerprint density at radius 2 is 2.08 bits per heavy atom. The van der Waals surface area contributed by atoms with Gasteiger partial charge in [0, 0.05) is 19.4 Å². The van der Waals surface area contributed by atoms with Crippen LogP contribution in [0.5, 0.6) is 0 Å². The maximum absolute atomic E-state index is 5.80. The van der Waals surface area contributed by atoms with Crippen LogP contribution in [0.15, 0.2) is 16.9 Å². The van der Waals surface area contributed by atoms with Crippen molar-refractivity contribution < 1.29 is 4.74 Å². The second-order valence-electron chi connectivity index (χ2n) is 2.89.